The largest absolute Gasteiger partial charge is 1.00 e. The Balaban J connectivity index is 0.000000963. The minimum atomic E-state index is 0. The average molecular weight is 530 g/mol. The van der Waals surface area contributed by atoms with E-state index in [2.05, 4.69) is 60.7 Å². The maximum Gasteiger partial charge on any atom is 0 e. The van der Waals surface area contributed by atoms with Crippen molar-refractivity contribution in [1.29, 1.82) is 0 Å². The van der Waals surface area contributed by atoms with Crippen LogP contribution < -0.4 is 34.0 Å². The molecule has 3 heteroatoms. The molecule has 0 saturated heterocycles. The van der Waals surface area contributed by atoms with Crippen molar-refractivity contribution >= 4 is 10.8 Å². The van der Waals surface area contributed by atoms with Gasteiger partial charge < -0.3 is 34.0 Å². The summed E-state index contributed by atoms with van der Waals surface area (Å²) in [6.07, 6.45) is 0. The summed E-state index contributed by atoms with van der Waals surface area (Å²) in [5.74, 6) is 0. The van der Waals surface area contributed by atoms with E-state index in [1.807, 2.05) is 6.07 Å². The molecule has 0 spiro atoms. The fourth-order valence-electron chi connectivity index (χ4n) is 1.95. The van der Waals surface area contributed by atoms with Crippen LogP contribution in [0.2, 0.25) is 0 Å². The Morgan fingerprint density at radius 2 is 1.33 bits per heavy atom. The van der Waals surface area contributed by atoms with Gasteiger partial charge in [0.2, 0.25) is 0 Å². The van der Waals surface area contributed by atoms with Crippen LogP contribution in [0.5, 0.6) is 0 Å². The molecule has 0 radical (unpaired) electrons. The first-order valence-corrected chi connectivity index (χ1v) is 5.14. The van der Waals surface area contributed by atoms with E-state index >= 15 is 0 Å². The van der Waals surface area contributed by atoms with E-state index in [-0.39, 0.29) is 59.8 Å². The van der Waals surface area contributed by atoms with Crippen molar-refractivity contribution in [3.8, 4) is 11.1 Å². The Labute approximate surface area is 147 Å². The molecule has 0 atom stereocenters. The number of rotatable bonds is 1. The summed E-state index contributed by atoms with van der Waals surface area (Å²) in [6, 6.07) is 23.4. The third-order valence-corrected chi connectivity index (χ3v) is 2.73. The number of halogens is 2. The van der Waals surface area contributed by atoms with Crippen LogP contribution in [-0.4, -0.2) is 0 Å². The Kier molecular flexibility index (Phi) is 8.08. The van der Waals surface area contributed by atoms with Crippen molar-refractivity contribution in [3.05, 3.63) is 66.7 Å². The molecule has 0 saturated carbocycles. The minimum absolute atomic E-state index is 0. The molecule has 0 bridgehead atoms. The van der Waals surface area contributed by atoms with Crippen LogP contribution >= 0.6 is 0 Å². The number of benzene rings is 2. The molecule has 92 valence electrons. The topological polar surface area (TPSA) is 0 Å². The fraction of sp³-hybridized carbons (Fsp3) is 0. The van der Waals surface area contributed by atoms with Crippen LogP contribution in [0.4, 0.5) is 0 Å². The maximum atomic E-state index is 2.24. The molecule has 0 unspecified atom stereocenters. The molecule has 0 aliphatic rings. The molecule has 3 rings (SSSR count). The molecule has 0 aromatic heterocycles. The van der Waals surface area contributed by atoms with Gasteiger partial charge in [0.05, 0.1) is 0 Å². The van der Waals surface area contributed by atoms with Gasteiger partial charge in [-0.05, 0) is 0 Å². The molecule has 0 N–H and O–H groups in total. The molecular formula is C15H11Br2Hf-3. The first-order valence-electron chi connectivity index (χ1n) is 5.14. The standard InChI is InChI=1S/C15H11.2BrH.Hf/c1-2-6-12(7-3-1)15-10-13-8-4-5-9-14(13)11-15;;;/h1-11H;2*1H;/q-1;;;/p-2. The zero-order valence-corrected chi connectivity index (χ0v) is 16.4. The van der Waals surface area contributed by atoms with Gasteiger partial charge in [-0.1, -0.05) is 54.1 Å². The van der Waals surface area contributed by atoms with Crippen LogP contribution in [0.3, 0.4) is 0 Å². The first kappa shape index (κ1) is 17.9. The summed E-state index contributed by atoms with van der Waals surface area (Å²) in [6.45, 7) is 0. The van der Waals surface area contributed by atoms with E-state index in [1.165, 1.54) is 21.9 Å². The molecular weight excluding hydrogens is 518 g/mol. The molecule has 18 heavy (non-hydrogen) atoms. The second-order valence-corrected chi connectivity index (χ2v) is 3.74. The van der Waals surface area contributed by atoms with Crippen LogP contribution in [-0.2, 0) is 25.8 Å². The fourth-order valence-corrected chi connectivity index (χ4v) is 1.95. The van der Waals surface area contributed by atoms with Crippen LogP contribution in [0.25, 0.3) is 21.9 Å². The van der Waals surface area contributed by atoms with Crippen LogP contribution in [0, 0.1) is 0 Å². The van der Waals surface area contributed by atoms with E-state index in [4.69, 9.17) is 0 Å². The molecule has 3 aromatic rings. The summed E-state index contributed by atoms with van der Waals surface area (Å²) in [7, 11) is 0. The Hall–Kier alpha value is -0.120. The molecule has 0 fully saturated rings. The summed E-state index contributed by atoms with van der Waals surface area (Å²) in [4.78, 5) is 0. The summed E-state index contributed by atoms with van der Waals surface area (Å²) < 4.78 is 0. The zero-order chi connectivity index (χ0) is 10.1. The number of hydrogen-bond donors (Lipinski definition) is 0. The van der Waals surface area contributed by atoms with Gasteiger partial charge in [-0.3, -0.25) is 0 Å². The van der Waals surface area contributed by atoms with Gasteiger partial charge in [0.1, 0.15) is 0 Å². The van der Waals surface area contributed by atoms with Crippen molar-refractivity contribution < 1.29 is 59.8 Å². The minimum Gasteiger partial charge on any atom is -1.00 e. The quantitative estimate of drug-likeness (QED) is 0.259. The molecule has 0 amide bonds. The zero-order valence-electron chi connectivity index (χ0n) is 9.61. The monoisotopic (exact) mass is 529 g/mol. The number of fused-ring (bicyclic) bond motifs is 1. The SMILES string of the molecule is [Br-].[Br-].[Hf].c1ccc(-c2cc3ccccc3[cH-]2)cc1. The normalized spacial score (nSPS) is 8.89. The van der Waals surface area contributed by atoms with Crippen molar-refractivity contribution in [2.24, 2.45) is 0 Å². The predicted octanol–water partition coefficient (Wildman–Crippen LogP) is -1.77. The third kappa shape index (κ3) is 3.69. The first-order chi connectivity index (χ1) is 7.43. The van der Waals surface area contributed by atoms with Gasteiger partial charge in [0.25, 0.3) is 0 Å². The average Bonchev–Trinajstić information content (AvgIpc) is 2.74. The van der Waals surface area contributed by atoms with Gasteiger partial charge in [-0.25, -0.2) is 0 Å². The van der Waals surface area contributed by atoms with Gasteiger partial charge in [0, 0.05) is 25.8 Å². The van der Waals surface area contributed by atoms with Gasteiger partial charge in [-0.15, -0.1) is 34.5 Å². The van der Waals surface area contributed by atoms with E-state index in [1.54, 1.807) is 0 Å². The van der Waals surface area contributed by atoms with E-state index < -0.39 is 0 Å². The van der Waals surface area contributed by atoms with E-state index in [0.717, 1.165) is 0 Å². The van der Waals surface area contributed by atoms with Crippen molar-refractivity contribution in [2.45, 2.75) is 0 Å². The Bertz CT molecular complexity index is 555. The molecule has 0 heterocycles. The van der Waals surface area contributed by atoms with Crippen molar-refractivity contribution in [2.75, 3.05) is 0 Å². The van der Waals surface area contributed by atoms with Crippen molar-refractivity contribution in [1.82, 2.24) is 0 Å². The number of hydrogen-bond acceptors (Lipinski definition) is 0. The smallest absolute Gasteiger partial charge is 0 e. The Morgan fingerprint density at radius 1 is 0.722 bits per heavy atom. The van der Waals surface area contributed by atoms with E-state index in [9.17, 15) is 0 Å². The van der Waals surface area contributed by atoms with Gasteiger partial charge >= 0.3 is 0 Å². The Morgan fingerprint density at radius 3 is 2.00 bits per heavy atom. The van der Waals surface area contributed by atoms with Crippen LogP contribution in [0.1, 0.15) is 0 Å². The molecule has 0 nitrogen and oxygen atoms in total. The predicted molar refractivity (Wildman–Crippen MR) is 65.0 cm³/mol. The van der Waals surface area contributed by atoms with Crippen molar-refractivity contribution in [3.63, 3.8) is 0 Å². The van der Waals surface area contributed by atoms with E-state index in [0.29, 0.717) is 0 Å². The second-order valence-electron chi connectivity index (χ2n) is 3.74. The second kappa shape index (κ2) is 8.13. The molecule has 0 aliphatic carbocycles. The van der Waals surface area contributed by atoms with Gasteiger partial charge in [-0.2, -0.15) is 0 Å². The third-order valence-electron chi connectivity index (χ3n) is 2.73. The molecule has 0 aliphatic heterocycles. The van der Waals surface area contributed by atoms with Gasteiger partial charge in [0.15, 0.2) is 0 Å². The van der Waals surface area contributed by atoms with Crippen LogP contribution in [0.15, 0.2) is 66.7 Å². The summed E-state index contributed by atoms with van der Waals surface area (Å²) >= 11 is 0. The summed E-state index contributed by atoms with van der Waals surface area (Å²) in [5, 5.41) is 2.63. The maximum absolute atomic E-state index is 2.24. The summed E-state index contributed by atoms with van der Waals surface area (Å²) in [5.41, 5.74) is 2.59. The molecule has 3 aromatic carbocycles.